The maximum atomic E-state index is 12.7. The molecule has 7 nitrogen and oxygen atoms in total. The Balaban J connectivity index is 1.01. The molecule has 0 spiro atoms. The van der Waals surface area contributed by atoms with Crippen LogP contribution in [0.2, 0.25) is 0 Å². The quantitative estimate of drug-likeness (QED) is 0.510. The van der Waals surface area contributed by atoms with Crippen molar-refractivity contribution in [3.8, 4) is 0 Å². The van der Waals surface area contributed by atoms with Crippen LogP contribution in [0.1, 0.15) is 31.7 Å². The van der Waals surface area contributed by atoms with Gasteiger partial charge in [0.15, 0.2) is 0 Å². The summed E-state index contributed by atoms with van der Waals surface area (Å²) in [6.07, 6.45) is 2.75. The van der Waals surface area contributed by atoms with E-state index in [0.29, 0.717) is 6.04 Å². The second-order valence-electron chi connectivity index (χ2n) is 10.2. The molecule has 3 heterocycles. The summed E-state index contributed by atoms with van der Waals surface area (Å²) in [6, 6.07) is 17.4. The van der Waals surface area contributed by atoms with Crippen molar-refractivity contribution in [1.29, 1.82) is 0 Å². The van der Waals surface area contributed by atoms with Crippen LogP contribution in [-0.2, 0) is 4.79 Å². The predicted octanol–water partition coefficient (Wildman–Crippen LogP) is 3.80. The summed E-state index contributed by atoms with van der Waals surface area (Å²) in [5, 5.41) is 3.20. The van der Waals surface area contributed by atoms with Crippen molar-refractivity contribution < 1.29 is 4.79 Å². The number of nitrogens with one attached hydrogen (secondary N) is 2. The van der Waals surface area contributed by atoms with Gasteiger partial charge in [0.2, 0.25) is 11.9 Å². The summed E-state index contributed by atoms with van der Waals surface area (Å²) in [5.74, 6) is 1.24. The summed E-state index contributed by atoms with van der Waals surface area (Å²) in [5.41, 5.74) is 4.70. The van der Waals surface area contributed by atoms with Crippen molar-refractivity contribution in [2.45, 2.75) is 39.2 Å². The van der Waals surface area contributed by atoms with Crippen LogP contribution in [0.15, 0.2) is 48.5 Å². The number of benzene rings is 2. The monoisotopic (exact) mass is 474 g/mol. The number of imidazole rings is 1. The van der Waals surface area contributed by atoms with Crippen LogP contribution in [0.25, 0.3) is 11.0 Å². The number of nitrogens with zero attached hydrogens (tertiary/aromatic N) is 4. The molecule has 1 unspecified atom stereocenters. The number of amides is 1. The van der Waals surface area contributed by atoms with Crippen LogP contribution in [0.3, 0.4) is 0 Å². The number of hydrogen-bond donors (Lipinski definition) is 2. The number of piperazine rings is 1. The molecule has 0 radical (unpaired) electrons. The van der Waals surface area contributed by atoms with E-state index in [0.717, 1.165) is 82.1 Å². The van der Waals surface area contributed by atoms with Crippen molar-refractivity contribution in [3.63, 3.8) is 0 Å². The lowest BCUT2D eigenvalue weighted by Crippen LogP contribution is -2.52. The van der Waals surface area contributed by atoms with Gasteiger partial charge in [-0.05, 0) is 69.5 Å². The van der Waals surface area contributed by atoms with Crippen LogP contribution in [0.5, 0.6) is 0 Å². The highest BCUT2D eigenvalue weighted by Gasteiger charge is 2.27. The Bertz CT molecular complexity index is 1100. The first kappa shape index (κ1) is 23.7. The van der Waals surface area contributed by atoms with Crippen molar-refractivity contribution in [1.82, 2.24) is 20.2 Å². The van der Waals surface area contributed by atoms with Crippen molar-refractivity contribution >= 4 is 28.6 Å². The molecular formula is C28H38N6O. The van der Waals surface area contributed by atoms with Gasteiger partial charge < -0.3 is 20.1 Å². The Labute approximate surface area is 208 Å². The number of carbonyl (C=O) groups is 1. The van der Waals surface area contributed by atoms with Gasteiger partial charge in [0.1, 0.15) is 0 Å². The van der Waals surface area contributed by atoms with Gasteiger partial charge in [0.25, 0.3) is 0 Å². The third kappa shape index (κ3) is 5.61. The first-order valence-electron chi connectivity index (χ1n) is 13.1. The van der Waals surface area contributed by atoms with Crippen LogP contribution < -0.4 is 15.1 Å². The Morgan fingerprint density at radius 1 is 1.09 bits per heavy atom. The summed E-state index contributed by atoms with van der Waals surface area (Å²) in [6.45, 7) is 11.2. The number of piperidine rings is 1. The van der Waals surface area contributed by atoms with Crippen LogP contribution in [0, 0.1) is 12.8 Å². The fourth-order valence-electron chi connectivity index (χ4n) is 5.53. The molecule has 1 amide bonds. The average molecular weight is 475 g/mol. The number of fused-ring (bicyclic) bond motifs is 1. The third-order valence-electron chi connectivity index (χ3n) is 7.54. The van der Waals surface area contributed by atoms with E-state index in [4.69, 9.17) is 4.98 Å². The second-order valence-corrected chi connectivity index (χ2v) is 10.2. The van der Waals surface area contributed by atoms with E-state index in [1.807, 2.05) is 18.2 Å². The van der Waals surface area contributed by atoms with E-state index in [2.05, 4.69) is 69.2 Å². The van der Waals surface area contributed by atoms with Crippen molar-refractivity contribution in [2.75, 3.05) is 55.6 Å². The van der Waals surface area contributed by atoms with Gasteiger partial charge in [-0.25, -0.2) is 4.98 Å². The number of hydrogen-bond acceptors (Lipinski definition) is 5. The molecule has 7 heteroatoms. The first-order valence-corrected chi connectivity index (χ1v) is 13.1. The summed E-state index contributed by atoms with van der Waals surface area (Å²) in [7, 11) is 0. The molecule has 2 aromatic carbocycles. The normalized spacial score (nSPS) is 19.9. The molecule has 5 rings (SSSR count). The third-order valence-corrected chi connectivity index (χ3v) is 7.54. The van der Waals surface area contributed by atoms with E-state index in [9.17, 15) is 4.79 Å². The number of carbonyl (C=O) groups excluding carboxylic acids is 1. The molecule has 1 atom stereocenters. The maximum Gasteiger partial charge on any atom is 0.223 e. The second kappa shape index (κ2) is 10.7. The smallest absolute Gasteiger partial charge is 0.223 e. The molecule has 186 valence electrons. The maximum absolute atomic E-state index is 12.7. The fraction of sp³-hybridized carbons (Fsp3) is 0.500. The number of H-pyrrole nitrogens is 1. The first-order chi connectivity index (χ1) is 17.1. The van der Waals surface area contributed by atoms with E-state index >= 15 is 0 Å². The zero-order valence-corrected chi connectivity index (χ0v) is 21.0. The minimum atomic E-state index is 0.105. The zero-order valence-electron chi connectivity index (χ0n) is 21.0. The van der Waals surface area contributed by atoms with Gasteiger partial charge >= 0.3 is 0 Å². The highest BCUT2D eigenvalue weighted by atomic mass is 16.1. The molecule has 3 aromatic rings. The summed E-state index contributed by atoms with van der Waals surface area (Å²) in [4.78, 5) is 28.2. The van der Waals surface area contributed by atoms with Gasteiger partial charge in [-0.15, -0.1) is 0 Å². The van der Waals surface area contributed by atoms with E-state index in [1.165, 1.54) is 11.3 Å². The zero-order chi connectivity index (χ0) is 24.2. The number of para-hydroxylation sites is 2. The molecule has 2 aliphatic rings. The lowest BCUT2D eigenvalue weighted by molar-refractivity contribution is -0.125. The molecule has 0 bridgehead atoms. The number of aromatic amines is 1. The van der Waals surface area contributed by atoms with E-state index in [1.54, 1.807) is 0 Å². The largest absolute Gasteiger partial charge is 0.366 e. The molecule has 2 fully saturated rings. The van der Waals surface area contributed by atoms with Crippen molar-refractivity contribution in [3.05, 3.63) is 54.1 Å². The molecule has 2 saturated heterocycles. The van der Waals surface area contributed by atoms with Crippen LogP contribution >= 0.6 is 0 Å². The Morgan fingerprint density at radius 2 is 1.91 bits per heavy atom. The average Bonchev–Trinajstić information content (AvgIpc) is 3.31. The molecule has 1 aromatic heterocycles. The SMILES string of the molecule is Cc1cccc(N2CCN(CCCNC(=O)C3CCN(c4nc5ccccc5[nH]4)CC3)CC2C)c1. The van der Waals surface area contributed by atoms with Gasteiger partial charge in [0, 0.05) is 56.9 Å². The summed E-state index contributed by atoms with van der Waals surface area (Å²) >= 11 is 0. The van der Waals surface area contributed by atoms with Gasteiger partial charge in [0.05, 0.1) is 11.0 Å². The van der Waals surface area contributed by atoms with Crippen molar-refractivity contribution in [2.24, 2.45) is 5.92 Å². The van der Waals surface area contributed by atoms with Gasteiger partial charge in [-0.2, -0.15) is 0 Å². The molecule has 35 heavy (non-hydrogen) atoms. The number of aromatic nitrogens is 2. The van der Waals surface area contributed by atoms with Gasteiger partial charge in [-0.1, -0.05) is 24.3 Å². The fourth-order valence-corrected chi connectivity index (χ4v) is 5.53. The Kier molecular flexibility index (Phi) is 7.23. The molecule has 0 saturated carbocycles. The minimum Gasteiger partial charge on any atom is -0.366 e. The molecule has 0 aliphatic carbocycles. The van der Waals surface area contributed by atoms with Crippen LogP contribution in [0.4, 0.5) is 11.6 Å². The Hall–Kier alpha value is -3.06. The highest BCUT2D eigenvalue weighted by molar-refractivity contribution is 5.79. The highest BCUT2D eigenvalue weighted by Crippen LogP contribution is 2.24. The van der Waals surface area contributed by atoms with Crippen LogP contribution in [-0.4, -0.2) is 72.6 Å². The minimum absolute atomic E-state index is 0.105. The summed E-state index contributed by atoms with van der Waals surface area (Å²) < 4.78 is 0. The van der Waals surface area contributed by atoms with Gasteiger partial charge in [-0.3, -0.25) is 9.69 Å². The van der Waals surface area contributed by atoms with E-state index in [-0.39, 0.29) is 11.8 Å². The lowest BCUT2D eigenvalue weighted by Gasteiger charge is -2.41. The Morgan fingerprint density at radius 3 is 2.69 bits per heavy atom. The number of aryl methyl sites for hydroxylation is 1. The molecule has 2 aliphatic heterocycles. The standard InChI is InChI=1S/C28H38N6O/c1-21-7-5-8-24(19-21)34-18-17-32(20-22(34)2)14-6-13-29-27(35)23-11-15-33(16-12-23)28-30-25-9-3-4-10-26(25)31-28/h3-5,7-10,19,22-23H,6,11-18,20H2,1-2H3,(H,29,35)(H,30,31). The number of rotatable bonds is 7. The van der Waals surface area contributed by atoms with E-state index < -0.39 is 0 Å². The molecular weight excluding hydrogens is 436 g/mol. The lowest BCUT2D eigenvalue weighted by atomic mass is 9.96. The molecule has 2 N–H and O–H groups in total. The predicted molar refractivity (Wildman–Crippen MR) is 143 cm³/mol. The number of anilines is 2. The topological polar surface area (TPSA) is 67.5 Å².